The van der Waals surface area contributed by atoms with Crippen LogP contribution in [-0.2, 0) is 4.74 Å². The van der Waals surface area contributed by atoms with E-state index in [0.717, 1.165) is 19.4 Å². The maximum atomic E-state index is 12.2. The van der Waals surface area contributed by atoms with Crippen LogP contribution in [0, 0.1) is 5.41 Å². The van der Waals surface area contributed by atoms with Gasteiger partial charge in [-0.3, -0.25) is 9.59 Å². The summed E-state index contributed by atoms with van der Waals surface area (Å²) in [5, 5.41) is 5.86. The molecule has 0 spiro atoms. The standard InChI is InChI=1S/C18H26N2O3/c1-18(2,3)12-19-16(21)13-6-8-14(9-7-13)17(22)20-15-5-4-10-23-11-15/h6-9,15H,4-5,10-12H2,1-3H3,(H,19,21)(H,20,22)/t15-/m0/s1. The van der Waals surface area contributed by atoms with E-state index in [2.05, 4.69) is 31.4 Å². The summed E-state index contributed by atoms with van der Waals surface area (Å²) in [6, 6.07) is 6.82. The average Bonchev–Trinajstić information content (AvgIpc) is 2.53. The molecule has 126 valence electrons. The molecule has 1 saturated heterocycles. The molecule has 5 heteroatoms. The van der Waals surface area contributed by atoms with E-state index >= 15 is 0 Å². The summed E-state index contributed by atoms with van der Waals surface area (Å²) in [4.78, 5) is 24.2. The molecule has 2 amide bonds. The van der Waals surface area contributed by atoms with Gasteiger partial charge in [0.05, 0.1) is 12.6 Å². The van der Waals surface area contributed by atoms with Gasteiger partial charge >= 0.3 is 0 Å². The number of carbonyl (C=O) groups excluding carboxylic acids is 2. The SMILES string of the molecule is CC(C)(C)CNC(=O)c1ccc(C(=O)N[C@H]2CCCOC2)cc1. The van der Waals surface area contributed by atoms with Crippen LogP contribution in [0.15, 0.2) is 24.3 Å². The van der Waals surface area contributed by atoms with E-state index in [1.54, 1.807) is 24.3 Å². The highest BCUT2D eigenvalue weighted by Crippen LogP contribution is 2.12. The van der Waals surface area contributed by atoms with Gasteiger partial charge in [0.1, 0.15) is 0 Å². The van der Waals surface area contributed by atoms with E-state index in [4.69, 9.17) is 4.74 Å². The number of nitrogens with one attached hydrogen (secondary N) is 2. The first-order valence-corrected chi connectivity index (χ1v) is 8.12. The predicted molar refractivity (Wildman–Crippen MR) is 89.5 cm³/mol. The van der Waals surface area contributed by atoms with Gasteiger partial charge in [-0.15, -0.1) is 0 Å². The fourth-order valence-electron chi connectivity index (χ4n) is 2.34. The van der Waals surface area contributed by atoms with Crippen LogP contribution in [0.25, 0.3) is 0 Å². The summed E-state index contributed by atoms with van der Waals surface area (Å²) in [7, 11) is 0. The summed E-state index contributed by atoms with van der Waals surface area (Å²) in [5.74, 6) is -0.241. The molecule has 2 N–H and O–H groups in total. The molecular weight excluding hydrogens is 292 g/mol. The van der Waals surface area contributed by atoms with Crippen molar-refractivity contribution < 1.29 is 14.3 Å². The molecular formula is C18H26N2O3. The van der Waals surface area contributed by atoms with Crippen LogP contribution in [-0.4, -0.2) is 37.6 Å². The molecule has 1 aromatic carbocycles. The number of rotatable bonds is 4. The Morgan fingerprint density at radius 2 is 1.74 bits per heavy atom. The molecule has 0 aliphatic carbocycles. The van der Waals surface area contributed by atoms with Gasteiger partial charge in [0.15, 0.2) is 0 Å². The Hall–Kier alpha value is -1.88. The molecule has 0 saturated carbocycles. The van der Waals surface area contributed by atoms with Crippen molar-refractivity contribution in [2.75, 3.05) is 19.8 Å². The molecule has 0 unspecified atom stereocenters. The minimum Gasteiger partial charge on any atom is -0.379 e. The Balaban J connectivity index is 1.90. The quantitative estimate of drug-likeness (QED) is 0.895. The van der Waals surface area contributed by atoms with Crippen molar-refractivity contribution in [3.8, 4) is 0 Å². The number of carbonyl (C=O) groups is 2. The van der Waals surface area contributed by atoms with Crippen LogP contribution >= 0.6 is 0 Å². The van der Waals surface area contributed by atoms with Crippen molar-refractivity contribution in [3.05, 3.63) is 35.4 Å². The maximum absolute atomic E-state index is 12.2. The Morgan fingerprint density at radius 3 is 2.26 bits per heavy atom. The Bertz CT molecular complexity index is 540. The van der Waals surface area contributed by atoms with E-state index in [1.807, 2.05) is 0 Å². The van der Waals surface area contributed by atoms with Gasteiger partial charge in [-0.1, -0.05) is 20.8 Å². The molecule has 2 rings (SSSR count). The minimum atomic E-state index is -0.123. The predicted octanol–water partition coefficient (Wildman–Crippen LogP) is 2.37. The second-order valence-electron chi connectivity index (χ2n) is 7.21. The van der Waals surface area contributed by atoms with Crippen LogP contribution in [0.4, 0.5) is 0 Å². The van der Waals surface area contributed by atoms with E-state index < -0.39 is 0 Å². The zero-order valence-electron chi connectivity index (χ0n) is 14.1. The van der Waals surface area contributed by atoms with E-state index in [1.165, 1.54) is 0 Å². The monoisotopic (exact) mass is 318 g/mol. The zero-order valence-corrected chi connectivity index (χ0v) is 14.1. The molecule has 5 nitrogen and oxygen atoms in total. The number of hydrogen-bond donors (Lipinski definition) is 2. The maximum Gasteiger partial charge on any atom is 0.251 e. The lowest BCUT2D eigenvalue weighted by Gasteiger charge is -2.23. The molecule has 1 atom stereocenters. The summed E-state index contributed by atoms with van der Waals surface area (Å²) in [6.07, 6.45) is 1.91. The lowest BCUT2D eigenvalue weighted by atomic mass is 9.97. The first kappa shape index (κ1) is 17.5. The van der Waals surface area contributed by atoms with Gasteiger partial charge < -0.3 is 15.4 Å². The minimum absolute atomic E-state index is 0.0392. The van der Waals surface area contributed by atoms with E-state index in [0.29, 0.717) is 24.3 Å². The molecule has 0 bridgehead atoms. The van der Waals surface area contributed by atoms with Crippen molar-refractivity contribution in [1.82, 2.24) is 10.6 Å². The topological polar surface area (TPSA) is 67.4 Å². The van der Waals surface area contributed by atoms with Gasteiger partial charge in [0, 0.05) is 24.3 Å². The third kappa shape index (κ3) is 5.67. The lowest BCUT2D eigenvalue weighted by Crippen LogP contribution is -2.40. The highest BCUT2D eigenvalue weighted by molar-refractivity contribution is 5.97. The fourth-order valence-corrected chi connectivity index (χ4v) is 2.34. The molecule has 23 heavy (non-hydrogen) atoms. The second kappa shape index (κ2) is 7.59. The summed E-state index contributed by atoms with van der Waals surface area (Å²) >= 11 is 0. The molecule has 1 aromatic rings. The number of ether oxygens (including phenoxy) is 1. The molecule has 0 aromatic heterocycles. The highest BCUT2D eigenvalue weighted by atomic mass is 16.5. The van der Waals surface area contributed by atoms with E-state index in [9.17, 15) is 9.59 Å². The Kier molecular flexibility index (Phi) is 5.77. The highest BCUT2D eigenvalue weighted by Gasteiger charge is 2.18. The first-order valence-electron chi connectivity index (χ1n) is 8.12. The van der Waals surface area contributed by atoms with E-state index in [-0.39, 0.29) is 23.3 Å². The summed E-state index contributed by atoms with van der Waals surface area (Å²) in [6.45, 7) is 8.14. The van der Waals surface area contributed by atoms with Gasteiger partial charge in [0.2, 0.25) is 0 Å². The van der Waals surface area contributed by atoms with Crippen molar-refractivity contribution in [2.45, 2.75) is 39.7 Å². The van der Waals surface area contributed by atoms with Crippen molar-refractivity contribution in [2.24, 2.45) is 5.41 Å². The summed E-state index contributed by atoms with van der Waals surface area (Å²) < 4.78 is 5.36. The Morgan fingerprint density at radius 1 is 1.13 bits per heavy atom. The molecule has 1 aliphatic rings. The number of benzene rings is 1. The van der Waals surface area contributed by atoms with Gasteiger partial charge in [-0.25, -0.2) is 0 Å². The molecule has 1 fully saturated rings. The lowest BCUT2D eigenvalue weighted by molar-refractivity contribution is 0.0624. The fraction of sp³-hybridized carbons (Fsp3) is 0.556. The number of hydrogen-bond acceptors (Lipinski definition) is 3. The molecule has 1 aliphatic heterocycles. The zero-order chi connectivity index (χ0) is 16.9. The normalized spacial score (nSPS) is 18.3. The van der Waals surface area contributed by atoms with Crippen LogP contribution in [0.3, 0.4) is 0 Å². The van der Waals surface area contributed by atoms with Crippen molar-refractivity contribution in [3.63, 3.8) is 0 Å². The van der Waals surface area contributed by atoms with Crippen LogP contribution < -0.4 is 10.6 Å². The van der Waals surface area contributed by atoms with Crippen LogP contribution in [0.1, 0.15) is 54.3 Å². The number of amides is 2. The smallest absolute Gasteiger partial charge is 0.251 e. The average molecular weight is 318 g/mol. The summed E-state index contributed by atoms with van der Waals surface area (Å²) in [5.41, 5.74) is 1.16. The van der Waals surface area contributed by atoms with Gasteiger partial charge in [0.25, 0.3) is 11.8 Å². The van der Waals surface area contributed by atoms with Crippen LogP contribution in [0.2, 0.25) is 0 Å². The Labute approximate surface area is 137 Å². The first-order chi connectivity index (χ1) is 10.8. The van der Waals surface area contributed by atoms with Gasteiger partial charge in [-0.2, -0.15) is 0 Å². The van der Waals surface area contributed by atoms with Crippen molar-refractivity contribution in [1.29, 1.82) is 0 Å². The largest absolute Gasteiger partial charge is 0.379 e. The second-order valence-corrected chi connectivity index (χ2v) is 7.21. The molecule has 0 radical (unpaired) electrons. The third-order valence-corrected chi connectivity index (χ3v) is 3.68. The van der Waals surface area contributed by atoms with Crippen molar-refractivity contribution >= 4 is 11.8 Å². The third-order valence-electron chi connectivity index (χ3n) is 3.68. The molecule has 1 heterocycles. The van der Waals surface area contributed by atoms with Crippen LogP contribution in [0.5, 0.6) is 0 Å². The van der Waals surface area contributed by atoms with Gasteiger partial charge in [-0.05, 0) is 42.5 Å².